The SMILES string of the molecule is Cc1cc(C)n(CC2CCN(CC(=O)Nc3ccc(F)c(Cl)c3)CC2)n1. The third-order valence-corrected chi connectivity index (χ3v) is 5.10. The molecule has 0 aliphatic carbocycles. The van der Waals surface area contributed by atoms with Gasteiger partial charge in [0.2, 0.25) is 5.91 Å². The first-order valence-corrected chi connectivity index (χ1v) is 9.27. The number of nitrogens with one attached hydrogen (secondary N) is 1. The number of rotatable bonds is 5. The maximum absolute atomic E-state index is 13.2. The number of amides is 1. The van der Waals surface area contributed by atoms with Gasteiger partial charge in [0, 0.05) is 17.9 Å². The summed E-state index contributed by atoms with van der Waals surface area (Å²) in [6.45, 7) is 7.15. The third kappa shape index (κ3) is 4.83. The van der Waals surface area contributed by atoms with Gasteiger partial charge in [0.05, 0.1) is 17.3 Å². The highest BCUT2D eigenvalue weighted by Crippen LogP contribution is 2.21. The second-order valence-electron chi connectivity index (χ2n) is 7.01. The molecule has 0 radical (unpaired) electrons. The first-order chi connectivity index (χ1) is 12.4. The standard InChI is InChI=1S/C19H24ClFN4O/c1-13-9-14(2)25(23-13)11-15-5-7-24(8-6-15)12-19(26)22-16-3-4-18(21)17(20)10-16/h3-4,9-10,15H,5-8,11-12H2,1-2H3,(H,22,26). The topological polar surface area (TPSA) is 50.2 Å². The van der Waals surface area contributed by atoms with Crippen molar-refractivity contribution in [2.75, 3.05) is 25.0 Å². The van der Waals surface area contributed by atoms with E-state index < -0.39 is 5.82 Å². The average Bonchev–Trinajstić information content (AvgIpc) is 2.90. The number of nitrogens with zero attached hydrogens (tertiary/aromatic N) is 3. The molecule has 1 saturated heterocycles. The molecular formula is C19H24ClFN4O. The number of carbonyl (C=O) groups is 1. The molecule has 1 aliphatic heterocycles. The van der Waals surface area contributed by atoms with Crippen LogP contribution in [0.3, 0.4) is 0 Å². The number of aryl methyl sites for hydroxylation is 2. The summed E-state index contributed by atoms with van der Waals surface area (Å²) in [6, 6.07) is 6.29. The van der Waals surface area contributed by atoms with E-state index >= 15 is 0 Å². The molecule has 1 fully saturated rings. The Labute approximate surface area is 158 Å². The Balaban J connectivity index is 1.45. The summed E-state index contributed by atoms with van der Waals surface area (Å²) in [4.78, 5) is 14.3. The highest BCUT2D eigenvalue weighted by molar-refractivity contribution is 6.31. The molecule has 140 valence electrons. The summed E-state index contributed by atoms with van der Waals surface area (Å²) < 4.78 is 15.3. The first kappa shape index (κ1) is 18.9. The highest BCUT2D eigenvalue weighted by atomic mass is 35.5. The Morgan fingerprint density at radius 1 is 1.31 bits per heavy atom. The minimum atomic E-state index is -0.491. The van der Waals surface area contributed by atoms with Gasteiger partial charge >= 0.3 is 0 Å². The lowest BCUT2D eigenvalue weighted by molar-refractivity contribution is -0.117. The largest absolute Gasteiger partial charge is 0.325 e. The van der Waals surface area contributed by atoms with Crippen LogP contribution in [-0.2, 0) is 11.3 Å². The van der Waals surface area contributed by atoms with Gasteiger partial charge in [-0.1, -0.05) is 11.6 Å². The second-order valence-corrected chi connectivity index (χ2v) is 7.41. The van der Waals surface area contributed by atoms with E-state index in [0.29, 0.717) is 18.2 Å². The summed E-state index contributed by atoms with van der Waals surface area (Å²) in [5.41, 5.74) is 2.76. The number of hydrogen-bond donors (Lipinski definition) is 1. The molecule has 7 heteroatoms. The Kier molecular flexibility index (Phi) is 5.94. The summed E-state index contributed by atoms with van der Waals surface area (Å²) in [5.74, 6) is -0.0118. The molecule has 1 aromatic carbocycles. The van der Waals surface area contributed by atoms with Gasteiger partial charge in [-0.2, -0.15) is 5.10 Å². The van der Waals surface area contributed by atoms with Gasteiger partial charge in [0.1, 0.15) is 5.82 Å². The summed E-state index contributed by atoms with van der Waals surface area (Å²) in [7, 11) is 0. The van der Waals surface area contributed by atoms with E-state index in [-0.39, 0.29) is 10.9 Å². The molecule has 0 atom stereocenters. The predicted octanol–water partition coefficient (Wildman–Crippen LogP) is 3.64. The molecule has 0 bridgehead atoms. The fourth-order valence-electron chi connectivity index (χ4n) is 3.41. The van der Waals surface area contributed by atoms with E-state index in [0.717, 1.165) is 38.2 Å². The molecule has 5 nitrogen and oxygen atoms in total. The smallest absolute Gasteiger partial charge is 0.238 e. The van der Waals surface area contributed by atoms with E-state index in [1.807, 2.05) is 6.92 Å². The average molecular weight is 379 g/mol. The normalized spacial score (nSPS) is 16.0. The van der Waals surface area contributed by atoms with E-state index in [9.17, 15) is 9.18 Å². The lowest BCUT2D eigenvalue weighted by Crippen LogP contribution is -2.40. The van der Waals surface area contributed by atoms with Crippen molar-refractivity contribution >= 4 is 23.2 Å². The molecule has 3 rings (SSSR count). The number of anilines is 1. The fraction of sp³-hybridized carbons (Fsp3) is 0.474. The highest BCUT2D eigenvalue weighted by Gasteiger charge is 2.22. The number of hydrogen-bond acceptors (Lipinski definition) is 3. The Hall–Kier alpha value is -1.92. The molecule has 26 heavy (non-hydrogen) atoms. The molecule has 1 aromatic heterocycles. The van der Waals surface area contributed by atoms with Crippen molar-refractivity contribution in [3.8, 4) is 0 Å². The number of aromatic nitrogens is 2. The van der Waals surface area contributed by atoms with Gasteiger partial charge < -0.3 is 5.32 Å². The first-order valence-electron chi connectivity index (χ1n) is 8.89. The third-order valence-electron chi connectivity index (χ3n) is 4.81. The summed E-state index contributed by atoms with van der Waals surface area (Å²) >= 11 is 5.74. The molecule has 1 amide bonds. The monoisotopic (exact) mass is 378 g/mol. The van der Waals surface area contributed by atoms with Gasteiger partial charge in [-0.25, -0.2) is 4.39 Å². The van der Waals surface area contributed by atoms with Crippen LogP contribution in [0.25, 0.3) is 0 Å². The van der Waals surface area contributed by atoms with Crippen LogP contribution in [-0.4, -0.2) is 40.2 Å². The zero-order valence-electron chi connectivity index (χ0n) is 15.1. The van der Waals surface area contributed by atoms with Gasteiger partial charge in [-0.05, 0) is 70.0 Å². The van der Waals surface area contributed by atoms with Gasteiger partial charge in [-0.15, -0.1) is 0 Å². The maximum Gasteiger partial charge on any atom is 0.238 e. The Morgan fingerprint density at radius 2 is 2.04 bits per heavy atom. The zero-order valence-corrected chi connectivity index (χ0v) is 15.9. The van der Waals surface area contributed by atoms with Crippen LogP contribution in [0.1, 0.15) is 24.2 Å². The van der Waals surface area contributed by atoms with Gasteiger partial charge in [-0.3, -0.25) is 14.4 Å². The fourth-order valence-corrected chi connectivity index (χ4v) is 3.59. The number of piperidine rings is 1. The van der Waals surface area contributed by atoms with Crippen LogP contribution in [0.15, 0.2) is 24.3 Å². The maximum atomic E-state index is 13.2. The van der Waals surface area contributed by atoms with Crippen LogP contribution in [0, 0.1) is 25.6 Å². The quantitative estimate of drug-likeness (QED) is 0.864. The molecule has 2 aromatic rings. The van der Waals surface area contributed by atoms with Crippen molar-refractivity contribution in [3.05, 3.63) is 46.5 Å². The minimum absolute atomic E-state index is 0.00719. The number of carbonyl (C=O) groups excluding carboxylic acids is 1. The predicted molar refractivity (Wildman–Crippen MR) is 101 cm³/mol. The van der Waals surface area contributed by atoms with Crippen molar-refractivity contribution in [1.29, 1.82) is 0 Å². The van der Waals surface area contributed by atoms with Crippen LogP contribution in [0.4, 0.5) is 10.1 Å². The van der Waals surface area contributed by atoms with Crippen molar-refractivity contribution in [3.63, 3.8) is 0 Å². The Morgan fingerprint density at radius 3 is 2.65 bits per heavy atom. The lowest BCUT2D eigenvalue weighted by Gasteiger charge is -2.31. The van der Waals surface area contributed by atoms with Crippen LogP contribution < -0.4 is 5.32 Å². The van der Waals surface area contributed by atoms with E-state index in [2.05, 4.69) is 33.0 Å². The molecular weight excluding hydrogens is 355 g/mol. The molecule has 0 unspecified atom stereocenters. The van der Waals surface area contributed by atoms with E-state index in [4.69, 9.17) is 11.6 Å². The van der Waals surface area contributed by atoms with Gasteiger partial charge in [0.15, 0.2) is 0 Å². The lowest BCUT2D eigenvalue weighted by atomic mass is 9.97. The van der Waals surface area contributed by atoms with Crippen molar-refractivity contribution in [2.45, 2.75) is 33.2 Å². The van der Waals surface area contributed by atoms with Crippen molar-refractivity contribution in [1.82, 2.24) is 14.7 Å². The summed E-state index contributed by atoms with van der Waals surface area (Å²) in [5, 5.41) is 7.31. The molecule has 1 aliphatic rings. The second kappa shape index (κ2) is 8.18. The van der Waals surface area contributed by atoms with Crippen molar-refractivity contribution in [2.24, 2.45) is 5.92 Å². The molecule has 1 N–H and O–H groups in total. The van der Waals surface area contributed by atoms with Crippen LogP contribution in [0.5, 0.6) is 0 Å². The molecule has 2 heterocycles. The van der Waals surface area contributed by atoms with Crippen LogP contribution in [0.2, 0.25) is 5.02 Å². The van der Waals surface area contributed by atoms with E-state index in [1.165, 1.54) is 23.9 Å². The van der Waals surface area contributed by atoms with Gasteiger partial charge in [0.25, 0.3) is 0 Å². The zero-order chi connectivity index (χ0) is 18.7. The molecule has 0 saturated carbocycles. The number of likely N-dealkylation sites (tertiary alicyclic amines) is 1. The van der Waals surface area contributed by atoms with Crippen LogP contribution >= 0.6 is 11.6 Å². The van der Waals surface area contributed by atoms with Crippen molar-refractivity contribution < 1.29 is 9.18 Å². The number of benzene rings is 1. The summed E-state index contributed by atoms with van der Waals surface area (Å²) in [6.07, 6.45) is 2.10. The number of halogens is 2. The molecule has 0 spiro atoms. The Bertz CT molecular complexity index is 784. The van der Waals surface area contributed by atoms with E-state index in [1.54, 1.807) is 0 Å². The minimum Gasteiger partial charge on any atom is -0.325 e.